The Bertz CT molecular complexity index is 476. The Morgan fingerprint density at radius 2 is 2.05 bits per heavy atom. The van der Waals surface area contributed by atoms with Crippen LogP contribution in [0.5, 0.6) is 5.88 Å². The van der Waals surface area contributed by atoms with Crippen LogP contribution in [0.2, 0.25) is 0 Å². The normalized spacial score (nSPS) is 31.3. The summed E-state index contributed by atoms with van der Waals surface area (Å²) in [4.78, 5) is 10.9. The number of fused-ring (bicyclic) bond motifs is 3. The first-order valence-corrected chi connectivity index (χ1v) is 8.47. The number of unbranched alkanes of at least 4 members (excludes halogenated alkanes) is 2. The summed E-state index contributed by atoms with van der Waals surface area (Å²) in [7, 11) is 0. The van der Waals surface area contributed by atoms with Crippen LogP contribution in [-0.4, -0.2) is 41.1 Å². The van der Waals surface area contributed by atoms with Crippen LogP contribution in [-0.2, 0) is 4.87 Å². The highest BCUT2D eigenvalue weighted by Crippen LogP contribution is 2.48. The van der Waals surface area contributed by atoms with Crippen molar-refractivity contribution in [1.82, 2.24) is 14.9 Å². The number of rotatable bonds is 6. The molecule has 4 rings (SSSR count). The first-order valence-electron chi connectivity index (χ1n) is 8.09. The Kier molecular flexibility index (Phi) is 4.65. The second kappa shape index (κ2) is 6.49. The van der Waals surface area contributed by atoms with Gasteiger partial charge in [-0.3, -0.25) is 4.98 Å². The van der Waals surface area contributed by atoms with Crippen molar-refractivity contribution in [3.8, 4) is 5.88 Å². The van der Waals surface area contributed by atoms with Crippen LogP contribution in [0, 0.1) is 5.92 Å². The highest BCUT2D eigenvalue weighted by atomic mass is 35.5. The number of aromatic nitrogens is 2. The third-order valence-corrected chi connectivity index (χ3v) is 5.34. The van der Waals surface area contributed by atoms with Gasteiger partial charge in [-0.1, -0.05) is 19.8 Å². The molecule has 2 bridgehead atoms. The van der Waals surface area contributed by atoms with Crippen LogP contribution in [0.3, 0.4) is 0 Å². The van der Waals surface area contributed by atoms with Crippen LogP contribution < -0.4 is 4.74 Å². The Morgan fingerprint density at radius 1 is 1.29 bits per heavy atom. The van der Waals surface area contributed by atoms with Crippen LogP contribution in [0.4, 0.5) is 0 Å². The van der Waals surface area contributed by atoms with Gasteiger partial charge in [0, 0.05) is 18.9 Å². The van der Waals surface area contributed by atoms with E-state index in [9.17, 15) is 0 Å². The summed E-state index contributed by atoms with van der Waals surface area (Å²) in [6.07, 6.45) is 9.14. The maximum atomic E-state index is 7.02. The minimum atomic E-state index is -0.426. The molecule has 1 aromatic rings. The zero-order valence-corrected chi connectivity index (χ0v) is 13.5. The third-order valence-electron chi connectivity index (χ3n) is 4.73. The van der Waals surface area contributed by atoms with Crippen molar-refractivity contribution in [2.75, 3.05) is 26.2 Å². The molecule has 0 saturated carbocycles. The fraction of sp³-hybridized carbons (Fsp3) is 0.750. The van der Waals surface area contributed by atoms with E-state index in [0.29, 0.717) is 18.4 Å². The number of nitrogens with zero attached hydrogens (tertiary/aromatic N) is 3. The molecule has 0 aromatic carbocycles. The number of hydrogen-bond acceptors (Lipinski definition) is 4. The molecule has 4 nitrogen and oxygen atoms in total. The summed E-state index contributed by atoms with van der Waals surface area (Å²) in [5, 5.41) is 0. The molecule has 3 aliphatic rings. The molecule has 0 amide bonds. The highest BCUT2D eigenvalue weighted by molar-refractivity contribution is 6.24. The minimum Gasteiger partial charge on any atom is -0.476 e. The number of hydrogen-bond donors (Lipinski definition) is 0. The molecule has 4 heterocycles. The van der Waals surface area contributed by atoms with E-state index >= 15 is 0 Å². The molecule has 0 aliphatic carbocycles. The fourth-order valence-electron chi connectivity index (χ4n) is 3.51. The van der Waals surface area contributed by atoms with Crippen LogP contribution in [0.25, 0.3) is 0 Å². The molecule has 0 radical (unpaired) electrons. The van der Waals surface area contributed by atoms with E-state index in [1.807, 2.05) is 0 Å². The monoisotopic (exact) mass is 309 g/mol. The van der Waals surface area contributed by atoms with E-state index in [1.54, 1.807) is 12.4 Å². The zero-order valence-electron chi connectivity index (χ0n) is 12.7. The summed E-state index contributed by atoms with van der Waals surface area (Å²) in [6.45, 7) is 6.07. The molecule has 1 unspecified atom stereocenters. The van der Waals surface area contributed by atoms with E-state index in [-0.39, 0.29) is 0 Å². The molecular weight excluding hydrogens is 286 g/mol. The largest absolute Gasteiger partial charge is 0.476 e. The molecule has 1 atom stereocenters. The van der Waals surface area contributed by atoms with Gasteiger partial charge in [-0.2, -0.15) is 0 Å². The fourth-order valence-corrected chi connectivity index (χ4v) is 4.03. The Balaban J connectivity index is 1.78. The van der Waals surface area contributed by atoms with E-state index < -0.39 is 4.87 Å². The lowest BCUT2D eigenvalue weighted by atomic mass is 9.76. The molecule has 21 heavy (non-hydrogen) atoms. The van der Waals surface area contributed by atoms with Crippen molar-refractivity contribution >= 4 is 11.6 Å². The summed E-state index contributed by atoms with van der Waals surface area (Å²) in [6, 6.07) is 0. The third kappa shape index (κ3) is 3.02. The first kappa shape index (κ1) is 15.0. The summed E-state index contributed by atoms with van der Waals surface area (Å²) < 4.78 is 5.89. The first-order chi connectivity index (χ1) is 10.2. The Labute approximate surface area is 131 Å². The quantitative estimate of drug-likeness (QED) is 0.597. The Hall–Kier alpha value is -0.870. The standard InChI is InChI=1S/C16H24ClN3O/c1-2-3-4-11-21-15-14(18-7-8-19-15)16(17)12-20-9-5-13(16)6-10-20/h7-8,13H,2-6,9-12H2,1H3. The van der Waals surface area contributed by atoms with Gasteiger partial charge in [0.1, 0.15) is 10.6 Å². The molecule has 1 aromatic heterocycles. The van der Waals surface area contributed by atoms with Crippen molar-refractivity contribution in [2.45, 2.75) is 43.9 Å². The molecular formula is C16H24ClN3O. The summed E-state index contributed by atoms with van der Waals surface area (Å²) >= 11 is 7.02. The molecule has 0 spiro atoms. The van der Waals surface area contributed by atoms with Crippen LogP contribution >= 0.6 is 11.6 Å². The van der Waals surface area contributed by atoms with Gasteiger partial charge in [0.2, 0.25) is 5.88 Å². The van der Waals surface area contributed by atoms with Gasteiger partial charge < -0.3 is 9.64 Å². The lowest BCUT2D eigenvalue weighted by Crippen LogP contribution is -2.54. The topological polar surface area (TPSA) is 38.3 Å². The maximum Gasteiger partial charge on any atom is 0.237 e. The average molecular weight is 310 g/mol. The predicted octanol–water partition coefficient (Wildman–Crippen LogP) is 3.21. The number of ether oxygens (including phenoxy) is 1. The van der Waals surface area contributed by atoms with Crippen molar-refractivity contribution in [3.63, 3.8) is 0 Å². The molecule has 3 fully saturated rings. The molecule has 5 heteroatoms. The number of piperidine rings is 3. The molecule has 3 saturated heterocycles. The van der Waals surface area contributed by atoms with E-state index in [4.69, 9.17) is 16.3 Å². The molecule has 3 aliphatic heterocycles. The lowest BCUT2D eigenvalue weighted by molar-refractivity contribution is 0.0625. The van der Waals surface area contributed by atoms with Gasteiger partial charge in [-0.25, -0.2) is 4.98 Å². The van der Waals surface area contributed by atoms with Gasteiger partial charge in [-0.05, 0) is 38.3 Å². The van der Waals surface area contributed by atoms with Crippen molar-refractivity contribution in [3.05, 3.63) is 18.1 Å². The minimum absolute atomic E-state index is 0.426. The van der Waals surface area contributed by atoms with Gasteiger partial charge >= 0.3 is 0 Å². The van der Waals surface area contributed by atoms with Crippen LogP contribution in [0.15, 0.2) is 12.4 Å². The highest BCUT2D eigenvalue weighted by Gasteiger charge is 2.49. The van der Waals surface area contributed by atoms with E-state index in [2.05, 4.69) is 21.8 Å². The van der Waals surface area contributed by atoms with Crippen molar-refractivity contribution in [2.24, 2.45) is 5.92 Å². The van der Waals surface area contributed by atoms with Crippen molar-refractivity contribution < 1.29 is 4.74 Å². The smallest absolute Gasteiger partial charge is 0.237 e. The van der Waals surface area contributed by atoms with E-state index in [0.717, 1.165) is 44.6 Å². The number of halogens is 1. The molecule has 0 N–H and O–H groups in total. The predicted molar refractivity (Wildman–Crippen MR) is 83.7 cm³/mol. The van der Waals surface area contributed by atoms with Crippen molar-refractivity contribution in [1.29, 1.82) is 0 Å². The van der Waals surface area contributed by atoms with Gasteiger partial charge in [-0.15, -0.1) is 11.6 Å². The zero-order chi connectivity index (χ0) is 14.7. The summed E-state index contributed by atoms with van der Waals surface area (Å²) in [5.41, 5.74) is 0.845. The van der Waals surface area contributed by atoms with E-state index in [1.165, 1.54) is 12.8 Å². The maximum absolute atomic E-state index is 7.02. The SMILES string of the molecule is CCCCCOc1nccnc1C1(Cl)CN2CCC1CC2. The van der Waals surface area contributed by atoms with Gasteiger partial charge in [0.25, 0.3) is 0 Å². The molecule has 116 valence electrons. The summed E-state index contributed by atoms with van der Waals surface area (Å²) in [5.74, 6) is 1.12. The second-order valence-electron chi connectivity index (χ2n) is 6.18. The second-order valence-corrected chi connectivity index (χ2v) is 6.85. The Morgan fingerprint density at radius 3 is 2.71 bits per heavy atom. The number of alkyl halides is 1. The van der Waals surface area contributed by atoms with Gasteiger partial charge in [0.05, 0.1) is 6.61 Å². The van der Waals surface area contributed by atoms with Gasteiger partial charge in [0.15, 0.2) is 0 Å². The van der Waals surface area contributed by atoms with Crippen LogP contribution in [0.1, 0.15) is 44.7 Å². The average Bonchev–Trinajstić information content (AvgIpc) is 2.53. The lowest BCUT2D eigenvalue weighted by Gasteiger charge is -2.49.